The molecular formula is C25H15ClN4OS. The van der Waals surface area contributed by atoms with Gasteiger partial charge in [0.25, 0.3) is 0 Å². The Morgan fingerprint density at radius 1 is 1.06 bits per heavy atom. The number of rotatable bonds is 5. The van der Waals surface area contributed by atoms with Crippen LogP contribution in [0.25, 0.3) is 40.0 Å². The summed E-state index contributed by atoms with van der Waals surface area (Å²) in [7, 11) is 0. The number of hydrogen-bond acceptors (Lipinski definition) is 5. The number of halogens is 1. The molecule has 154 valence electrons. The number of thiazole rings is 1. The van der Waals surface area contributed by atoms with Crippen LogP contribution in [0.4, 0.5) is 0 Å². The predicted molar refractivity (Wildman–Crippen MR) is 127 cm³/mol. The standard InChI is InChI=1S/C25H15ClN4OS/c26-20-10-8-17(9-11-20)24-19(15-30(29-24)21-5-2-1-3-6-21)13-18(14-27)25-28-22(16-32-25)23-7-4-12-31-23/h1-13,15-16H/b18-13+. The largest absolute Gasteiger partial charge is 0.463 e. The number of aromatic nitrogens is 3. The monoisotopic (exact) mass is 454 g/mol. The van der Waals surface area contributed by atoms with Gasteiger partial charge in [-0.2, -0.15) is 10.4 Å². The Bertz CT molecular complexity index is 1430. The molecule has 0 saturated heterocycles. The van der Waals surface area contributed by atoms with Gasteiger partial charge in [-0.05, 0) is 42.5 Å². The van der Waals surface area contributed by atoms with E-state index < -0.39 is 0 Å². The Kier molecular flexibility index (Phi) is 5.42. The van der Waals surface area contributed by atoms with Gasteiger partial charge in [-0.25, -0.2) is 9.67 Å². The Hall–Kier alpha value is -3.92. The molecule has 5 nitrogen and oxygen atoms in total. The minimum Gasteiger partial charge on any atom is -0.463 e. The summed E-state index contributed by atoms with van der Waals surface area (Å²) >= 11 is 7.48. The van der Waals surface area contributed by atoms with Crippen LogP contribution in [-0.2, 0) is 0 Å². The SMILES string of the molecule is N#C/C(=C\c1cn(-c2ccccc2)nc1-c1ccc(Cl)cc1)c1nc(-c2ccco2)cs1. The highest BCUT2D eigenvalue weighted by molar-refractivity contribution is 7.11. The smallest absolute Gasteiger partial charge is 0.153 e. The molecule has 0 radical (unpaired) electrons. The van der Waals surface area contributed by atoms with Gasteiger partial charge >= 0.3 is 0 Å². The summed E-state index contributed by atoms with van der Waals surface area (Å²) in [4.78, 5) is 4.59. The molecule has 0 fully saturated rings. The maximum absolute atomic E-state index is 9.88. The van der Waals surface area contributed by atoms with Gasteiger partial charge in [0.1, 0.15) is 16.8 Å². The van der Waals surface area contributed by atoms with Crippen molar-refractivity contribution in [2.75, 3.05) is 0 Å². The van der Waals surface area contributed by atoms with Crippen molar-refractivity contribution in [3.05, 3.63) is 100 Å². The Morgan fingerprint density at radius 3 is 2.59 bits per heavy atom. The second-order valence-electron chi connectivity index (χ2n) is 6.91. The van der Waals surface area contributed by atoms with Crippen LogP contribution in [0.1, 0.15) is 10.6 Å². The first-order valence-corrected chi connectivity index (χ1v) is 11.0. The maximum atomic E-state index is 9.88. The lowest BCUT2D eigenvalue weighted by Crippen LogP contribution is -1.93. The Balaban J connectivity index is 1.61. The van der Waals surface area contributed by atoms with E-state index in [9.17, 15) is 5.26 Å². The zero-order valence-corrected chi connectivity index (χ0v) is 18.2. The van der Waals surface area contributed by atoms with Crippen LogP contribution >= 0.6 is 22.9 Å². The summed E-state index contributed by atoms with van der Waals surface area (Å²) in [6.45, 7) is 0. The topological polar surface area (TPSA) is 67.6 Å². The van der Waals surface area contributed by atoms with Gasteiger partial charge in [-0.3, -0.25) is 0 Å². The highest BCUT2D eigenvalue weighted by Gasteiger charge is 2.15. The minimum absolute atomic E-state index is 0.454. The fraction of sp³-hybridized carbons (Fsp3) is 0. The van der Waals surface area contributed by atoms with E-state index >= 15 is 0 Å². The number of furan rings is 1. The third-order valence-electron chi connectivity index (χ3n) is 4.81. The average Bonchev–Trinajstić information content (AvgIpc) is 3.59. The van der Waals surface area contributed by atoms with Gasteiger partial charge in [0.05, 0.1) is 23.2 Å². The van der Waals surface area contributed by atoms with E-state index in [1.807, 2.05) is 84.4 Å². The molecule has 0 spiro atoms. The van der Waals surface area contributed by atoms with Gasteiger partial charge in [0.15, 0.2) is 5.76 Å². The van der Waals surface area contributed by atoms with Crippen molar-refractivity contribution in [3.8, 4) is 34.5 Å². The number of hydrogen-bond donors (Lipinski definition) is 0. The molecule has 0 N–H and O–H groups in total. The van der Waals surface area contributed by atoms with Crippen LogP contribution in [0.5, 0.6) is 0 Å². The van der Waals surface area contributed by atoms with Gasteiger partial charge in [-0.15, -0.1) is 11.3 Å². The lowest BCUT2D eigenvalue weighted by Gasteiger charge is -2.01. The van der Waals surface area contributed by atoms with Crippen LogP contribution in [-0.4, -0.2) is 14.8 Å². The molecule has 32 heavy (non-hydrogen) atoms. The van der Waals surface area contributed by atoms with Crippen molar-refractivity contribution in [1.29, 1.82) is 5.26 Å². The summed E-state index contributed by atoms with van der Waals surface area (Å²) in [5.41, 5.74) is 4.55. The minimum atomic E-state index is 0.454. The lowest BCUT2D eigenvalue weighted by atomic mass is 10.1. The summed E-state index contributed by atoms with van der Waals surface area (Å²) in [6, 6.07) is 23.3. The maximum Gasteiger partial charge on any atom is 0.153 e. The molecule has 0 saturated carbocycles. The van der Waals surface area contributed by atoms with Crippen molar-refractivity contribution in [3.63, 3.8) is 0 Å². The van der Waals surface area contributed by atoms with E-state index in [1.54, 1.807) is 10.9 Å². The highest BCUT2D eigenvalue weighted by atomic mass is 35.5. The molecule has 0 bridgehead atoms. The molecule has 5 aromatic rings. The molecule has 0 unspecified atom stereocenters. The molecule has 5 rings (SSSR count). The zero-order valence-electron chi connectivity index (χ0n) is 16.6. The number of para-hydroxylation sites is 1. The zero-order chi connectivity index (χ0) is 21.9. The first kappa shape index (κ1) is 20.0. The van der Waals surface area contributed by atoms with Crippen molar-refractivity contribution < 1.29 is 4.42 Å². The summed E-state index contributed by atoms with van der Waals surface area (Å²) < 4.78 is 7.23. The van der Waals surface area contributed by atoms with Crippen molar-refractivity contribution >= 4 is 34.6 Å². The number of nitrogens with zero attached hydrogens (tertiary/aromatic N) is 4. The summed E-state index contributed by atoms with van der Waals surface area (Å²) in [6.07, 6.45) is 5.34. The Morgan fingerprint density at radius 2 is 1.88 bits per heavy atom. The number of allylic oxidation sites excluding steroid dienone is 1. The molecule has 0 aliphatic rings. The number of nitriles is 1. The molecule has 3 heterocycles. The first-order chi connectivity index (χ1) is 15.7. The first-order valence-electron chi connectivity index (χ1n) is 9.74. The van der Waals surface area contributed by atoms with Gasteiger partial charge in [0.2, 0.25) is 0 Å². The quantitative estimate of drug-likeness (QED) is 0.269. The normalized spacial score (nSPS) is 11.4. The summed E-state index contributed by atoms with van der Waals surface area (Å²) in [5.74, 6) is 0.670. The third kappa shape index (κ3) is 4.00. The van der Waals surface area contributed by atoms with Crippen molar-refractivity contribution in [1.82, 2.24) is 14.8 Å². The van der Waals surface area contributed by atoms with Crippen LogP contribution in [0.15, 0.2) is 89.0 Å². The molecule has 0 aliphatic carbocycles. The molecule has 0 amide bonds. The van der Waals surface area contributed by atoms with Crippen LogP contribution in [0.3, 0.4) is 0 Å². The van der Waals surface area contributed by atoms with E-state index in [1.165, 1.54) is 11.3 Å². The highest BCUT2D eigenvalue weighted by Crippen LogP contribution is 2.31. The van der Waals surface area contributed by atoms with Crippen molar-refractivity contribution in [2.45, 2.75) is 0 Å². The van der Waals surface area contributed by atoms with Gasteiger partial charge in [-0.1, -0.05) is 41.9 Å². The Labute approximate surface area is 193 Å². The van der Waals surface area contributed by atoms with Crippen LogP contribution in [0, 0.1) is 11.3 Å². The van der Waals surface area contributed by atoms with E-state index in [4.69, 9.17) is 21.1 Å². The number of benzene rings is 2. The molecule has 7 heteroatoms. The second kappa shape index (κ2) is 8.67. The molecular weight excluding hydrogens is 440 g/mol. The van der Waals surface area contributed by atoms with Gasteiger partial charge < -0.3 is 4.42 Å². The van der Waals surface area contributed by atoms with E-state index in [0.29, 0.717) is 27.1 Å². The van der Waals surface area contributed by atoms with Crippen molar-refractivity contribution in [2.24, 2.45) is 0 Å². The molecule has 3 aromatic heterocycles. The van der Waals surface area contributed by atoms with Gasteiger partial charge in [0, 0.05) is 27.7 Å². The summed E-state index contributed by atoms with van der Waals surface area (Å²) in [5, 5.41) is 17.8. The average molecular weight is 455 g/mol. The fourth-order valence-electron chi connectivity index (χ4n) is 3.27. The van der Waals surface area contributed by atoms with E-state index in [2.05, 4.69) is 11.1 Å². The molecule has 0 atom stereocenters. The fourth-order valence-corrected chi connectivity index (χ4v) is 4.17. The van der Waals surface area contributed by atoms with Crippen LogP contribution < -0.4 is 0 Å². The second-order valence-corrected chi connectivity index (χ2v) is 8.20. The predicted octanol–water partition coefficient (Wildman–Crippen LogP) is 6.97. The third-order valence-corrected chi connectivity index (χ3v) is 5.94. The lowest BCUT2D eigenvalue weighted by molar-refractivity contribution is 0.580. The van der Waals surface area contributed by atoms with E-state index in [-0.39, 0.29) is 0 Å². The molecule has 0 aliphatic heterocycles. The van der Waals surface area contributed by atoms with Crippen LogP contribution in [0.2, 0.25) is 5.02 Å². The molecule has 2 aromatic carbocycles. The van der Waals surface area contributed by atoms with E-state index in [0.717, 1.165) is 22.5 Å².